The molecule has 10 heteroatoms. The Bertz CT molecular complexity index is 1670. The van der Waals surface area contributed by atoms with Gasteiger partial charge in [-0.25, -0.2) is 4.98 Å². The molecule has 0 aliphatic carbocycles. The summed E-state index contributed by atoms with van der Waals surface area (Å²) in [4.78, 5) is 30.2. The Labute approximate surface area is 223 Å². The smallest absolute Gasteiger partial charge is 0.272 e. The molecule has 3 heterocycles. The van der Waals surface area contributed by atoms with Crippen LogP contribution in [0.4, 0.5) is 11.5 Å². The van der Waals surface area contributed by atoms with Crippen molar-refractivity contribution in [3.8, 4) is 16.9 Å². The number of carbonyl (C=O) groups excluding carboxylic acids is 2. The first-order valence-electron chi connectivity index (χ1n) is 12.1. The Morgan fingerprint density at radius 1 is 1.11 bits per heavy atom. The molecule has 2 amide bonds. The van der Waals surface area contributed by atoms with Crippen LogP contribution < -0.4 is 26.4 Å². The number of aryl methyl sites for hydroxylation is 1. The average molecular weight is 529 g/mol. The number of aromatic nitrogens is 2. The maximum absolute atomic E-state index is 13.1. The number of nitrogens with one attached hydrogen (secondary N) is 3. The van der Waals surface area contributed by atoms with E-state index in [9.17, 15) is 9.59 Å². The zero-order chi connectivity index (χ0) is 26.8. The highest BCUT2D eigenvalue weighted by atomic mass is 32.1. The van der Waals surface area contributed by atoms with Crippen LogP contribution in [0.15, 0.2) is 60.1 Å². The molecule has 0 aliphatic rings. The van der Waals surface area contributed by atoms with Crippen LogP contribution >= 0.6 is 11.3 Å². The van der Waals surface area contributed by atoms with Gasteiger partial charge in [0, 0.05) is 48.2 Å². The molecule has 2 aromatic carbocycles. The molecule has 0 fully saturated rings. The normalized spacial score (nSPS) is 11.1. The molecule has 5 aromatic rings. The van der Waals surface area contributed by atoms with E-state index in [1.807, 2.05) is 66.5 Å². The van der Waals surface area contributed by atoms with Gasteiger partial charge in [0.25, 0.3) is 11.8 Å². The van der Waals surface area contributed by atoms with E-state index in [2.05, 4.69) is 20.9 Å². The molecule has 9 nitrogen and oxygen atoms in total. The minimum Gasteiger partial charge on any atom is -0.495 e. The minimum absolute atomic E-state index is 0.199. The minimum atomic E-state index is -0.238. The van der Waals surface area contributed by atoms with Crippen molar-refractivity contribution < 1.29 is 14.3 Å². The molecule has 0 unspecified atom stereocenters. The van der Waals surface area contributed by atoms with Crippen molar-refractivity contribution in [2.45, 2.75) is 0 Å². The molecule has 0 radical (unpaired) electrons. The molecule has 0 saturated carbocycles. The van der Waals surface area contributed by atoms with Gasteiger partial charge in [-0.15, -0.1) is 11.3 Å². The van der Waals surface area contributed by atoms with Crippen LogP contribution in [-0.2, 0) is 7.05 Å². The van der Waals surface area contributed by atoms with Gasteiger partial charge >= 0.3 is 0 Å². The summed E-state index contributed by atoms with van der Waals surface area (Å²) in [5.74, 6) is 0.407. The molecule has 0 atom stereocenters. The first-order valence-corrected chi connectivity index (χ1v) is 12.9. The largest absolute Gasteiger partial charge is 0.495 e. The van der Waals surface area contributed by atoms with Crippen molar-refractivity contribution in [3.63, 3.8) is 0 Å². The Morgan fingerprint density at radius 3 is 2.68 bits per heavy atom. The quantitative estimate of drug-likeness (QED) is 0.223. The van der Waals surface area contributed by atoms with Crippen LogP contribution in [0.2, 0.25) is 0 Å². The number of benzene rings is 2. The summed E-state index contributed by atoms with van der Waals surface area (Å²) >= 11 is 1.44. The second kappa shape index (κ2) is 10.5. The second-order valence-electron chi connectivity index (χ2n) is 8.79. The van der Waals surface area contributed by atoms with Crippen molar-refractivity contribution in [2.75, 3.05) is 38.3 Å². The zero-order valence-corrected chi connectivity index (χ0v) is 22.1. The third-order valence-electron chi connectivity index (χ3n) is 6.47. The van der Waals surface area contributed by atoms with Crippen LogP contribution in [0, 0.1) is 0 Å². The predicted molar refractivity (Wildman–Crippen MR) is 153 cm³/mol. The van der Waals surface area contributed by atoms with Crippen molar-refractivity contribution in [1.29, 1.82) is 0 Å². The standard InChI is InChI=1S/C28H28N6O3S/c1-30-10-11-31-27(35)18-14-32-26(29)24-19(15-38-25(18)24)16-8-9-20(23(13-16)37-3)33-28(36)22-12-17-6-4-5-7-21(17)34(22)2/h4-9,12-15,30H,10-11H2,1-3H3,(H2,29,32)(H,31,35)(H,33,36). The highest BCUT2D eigenvalue weighted by Crippen LogP contribution is 2.40. The third-order valence-corrected chi connectivity index (χ3v) is 7.49. The van der Waals surface area contributed by atoms with Gasteiger partial charge in [0.2, 0.25) is 0 Å². The average Bonchev–Trinajstić information content (AvgIpc) is 3.52. The molecule has 0 aliphatic heterocycles. The molecule has 194 valence electrons. The van der Waals surface area contributed by atoms with E-state index in [1.165, 1.54) is 17.5 Å². The Hall–Kier alpha value is -4.41. The van der Waals surface area contributed by atoms with Gasteiger partial charge in [-0.2, -0.15) is 0 Å². The molecular formula is C28H28N6O3S. The number of nitrogens with zero attached hydrogens (tertiary/aromatic N) is 2. The fraction of sp³-hybridized carbons (Fsp3) is 0.179. The Kier molecular flexibility index (Phi) is 6.99. The molecule has 5 N–H and O–H groups in total. The van der Waals surface area contributed by atoms with Gasteiger partial charge in [-0.1, -0.05) is 24.3 Å². The van der Waals surface area contributed by atoms with Gasteiger partial charge in [0.15, 0.2) is 0 Å². The second-order valence-corrected chi connectivity index (χ2v) is 9.67. The van der Waals surface area contributed by atoms with Crippen molar-refractivity contribution in [3.05, 3.63) is 71.4 Å². The van der Waals surface area contributed by atoms with E-state index in [-0.39, 0.29) is 11.8 Å². The lowest BCUT2D eigenvalue weighted by Gasteiger charge is -2.13. The van der Waals surface area contributed by atoms with Crippen LogP contribution in [0.3, 0.4) is 0 Å². The summed E-state index contributed by atoms with van der Waals surface area (Å²) in [6.07, 6.45) is 1.51. The van der Waals surface area contributed by atoms with Gasteiger partial charge in [0.1, 0.15) is 17.3 Å². The number of fused-ring (bicyclic) bond motifs is 2. The summed E-state index contributed by atoms with van der Waals surface area (Å²) in [6.45, 7) is 1.17. The lowest BCUT2D eigenvalue weighted by molar-refractivity contribution is 0.0954. The highest BCUT2D eigenvalue weighted by molar-refractivity contribution is 7.18. The van der Waals surface area contributed by atoms with Gasteiger partial charge < -0.3 is 31.0 Å². The number of likely N-dealkylation sites (N-methyl/N-ethyl adjacent to an activating group) is 1. The number of nitrogen functional groups attached to an aromatic ring is 1. The Balaban J connectivity index is 1.46. The van der Waals surface area contributed by atoms with Crippen LogP contribution in [0.25, 0.3) is 32.1 Å². The molecular weight excluding hydrogens is 500 g/mol. The summed E-state index contributed by atoms with van der Waals surface area (Å²) in [7, 11) is 5.25. The fourth-order valence-electron chi connectivity index (χ4n) is 4.49. The maximum Gasteiger partial charge on any atom is 0.272 e. The van der Waals surface area contributed by atoms with Crippen molar-refractivity contribution in [1.82, 2.24) is 20.2 Å². The molecule has 5 rings (SSSR count). The number of amides is 2. The maximum atomic E-state index is 13.1. The predicted octanol–water partition coefficient (Wildman–Crippen LogP) is 4.25. The summed E-state index contributed by atoms with van der Waals surface area (Å²) in [5.41, 5.74) is 10.5. The van der Waals surface area contributed by atoms with Gasteiger partial charge in [0.05, 0.1) is 23.1 Å². The van der Waals surface area contributed by atoms with E-state index in [0.29, 0.717) is 47.0 Å². The molecule has 0 bridgehead atoms. The lowest BCUT2D eigenvalue weighted by Crippen LogP contribution is -2.30. The number of para-hydroxylation sites is 1. The SMILES string of the molecule is CNCCNC(=O)c1cnc(N)c2c(-c3ccc(NC(=O)c4cc5ccccc5n4C)c(OC)c3)csc12. The topological polar surface area (TPSA) is 123 Å². The number of pyridine rings is 1. The number of carbonyl (C=O) groups is 2. The summed E-state index contributed by atoms with van der Waals surface area (Å²) < 4.78 is 8.27. The number of hydrogen-bond acceptors (Lipinski definition) is 7. The summed E-state index contributed by atoms with van der Waals surface area (Å²) in [6, 6.07) is 15.2. The van der Waals surface area contributed by atoms with Crippen LogP contribution in [0.5, 0.6) is 5.75 Å². The number of hydrogen-bond donors (Lipinski definition) is 4. The first-order chi connectivity index (χ1) is 18.4. The third kappa shape index (κ3) is 4.55. The van der Waals surface area contributed by atoms with Crippen LogP contribution in [0.1, 0.15) is 20.8 Å². The Morgan fingerprint density at radius 2 is 1.92 bits per heavy atom. The lowest BCUT2D eigenvalue weighted by atomic mass is 10.0. The summed E-state index contributed by atoms with van der Waals surface area (Å²) in [5, 5.41) is 12.5. The van der Waals surface area contributed by atoms with Gasteiger partial charge in [-0.05, 0) is 42.3 Å². The zero-order valence-electron chi connectivity index (χ0n) is 21.3. The van der Waals surface area contributed by atoms with E-state index >= 15 is 0 Å². The molecule has 0 saturated heterocycles. The van der Waals surface area contributed by atoms with Crippen molar-refractivity contribution >= 4 is 55.6 Å². The van der Waals surface area contributed by atoms with E-state index in [0.717, 1.165) is 26.7 Å². The number of nitrogens with two attached hydrogens (primary N) is 1. The fourth-order valence-corrected chi connectivity index (χ4v) is 5.59. The molecule has 0 spiro atoms. The first kappa shape index (κ1) is 25.2. The number of thiophene rings is 1. The molecule has 38 heavy (non-hydrogen) atoms. The monoisotopic (exact) mass is 528 g/mol. The van der Waals surface area contributed by atoms with Crippen molar-refractivity contribution in [2.24, 2.45) is 7.05 Å². The van der Waals surface area contributed by atoms with Gasteiger partial charge in [-0.3, -0.25) is 9.59 Å². The van der Waals surface area contributed by atoms with E-state index in [1.54, 1.807) is 13.2 Å². The number of rotatable bonds is 8. The van der Waals surface area contributed by atoms with E-state index < -0.39 is 0 Å². The van der Waals surface area contributed by atoms with Crippen LogP contribution in [-0.4, -0.2) is 48.6 Å². The molecule has 3 aromatic heterocycles. The highest BCUT2D eigenvalue weighted by Gasteiger charge is 2.20. The number of methoxy groups -OCH3 is 1. The number of anilines is 2. The van der Waals surface area contributed by atoms with E-state index in [4.69, 9.17) is 10.5 Å². The number of ether oxygens (including phenoxy) is 1.